The molecule has 0 radical (unpaired) electrons. The zero-order valence-corrected chi connectivity index (χ0v) is 17.5. The third-order valence-electron chi connectivity index (χ3n) is 3.99. The van der Waals surface area contributed by atoms with Gasteiger partial charge in [-0.05, 0) is 49.7 Å². The minimum absolute atomic E-state index is 0.112. The van der Waals surface area contributed by atoms with Crippen LogP contribution in [0.2, 0.25) is 0 Å². The molecule has 162 valence electrons. The topological polar surface area (TPSA) is 58.6 Å². The number of thioether (sulfide) groups is 1. The highest BCUT2D eigenvalue weighted by atomic mass is 32.2. The van der Waals surface area contributed by atoms with Crippen LogP contribution in [-0.4, -0.2) is 42.2 Å². The second-order valence-corrected chi connectivity index (χ2v) is 7.33. The fraction of sp³-hybridized carbons (Fsp3) is 0.333. The number of hydrogen-bond donors (Lipinski definition) is 1. The molecular formula is C21H23F3N2O3S. The largest absolute Gasteiger partial charge is 0.494 e. The van der Waals surface area contributed by atoms with Gasteiger partial charge in [0.15, 0.2) is 17.5 Å². The number of amides is 2. The maximum atomic E-state index is 13.7. The van der Waals surface area contributed by atoms with Crippen molar-refractivity contribution in [1.29, 1.82) is 0 Å². The Morgan fingerprint density at radius 3 is 2.37 bits per heavy atom. The van der Waals surface area contributed by atoms with Crippen molar-refractivity contribution in [1.82, 2.24) is 4.90 Å². The van der Waals surface area contributed by atoms with Gasteiger partial charge >= 0.3 is 0 Å². The Labute approximate surface area is 177 Å². The summed E-state index contributed by atoms with van der Waals surface area (Å²) >= 11 is 1.32. The van der Waals surface area contributed by atoms with Gasteiger partial charge in [-0.1, -0.05) is 6.92 Å². The molecule has 0 aliphatic rings. The highest BCUT2D eigenvalue weighted by molar-refractivity contribution is 8.00. The molecule has 0 saturated heterocycles. The van der Waals surface area contributed by atoms with Crippen molar-refractivity contribution >= 4 is 29.3 Å². The Morgan fingerprint density at radius 1 is 1.03 bits per heavy atom. The molecule has 30 heavy (non-hydrogen) atoms. The van der Waals surface area contributed by atoms with Gasteiger partial charge in [0, 0.05) is 11.4 Å². The van der Waals surface area contributed by atoms with Crippen molar-refractivity contribution in [3.05, 3.63) is 53.8 Å². The number of halogens is 3. The molecule has 0 aromatic heterocycles. The van der Waals surface area contributed by atoms with Crippen molar-refractivity contribution in [3.63, 3.8) is 0 Å². The van der Waals surface area contributed by atoms with Crippen molar-refractivity contribution in [2.24, 2.45) is 0 Å². The molecule has 0 atom stereocenters. The first-order chi connectivity index (χ1) is 14.3. The van der Waals surface area contributed by atoms with Gasteiger partial charge in [-0.25, -0.2) is 13.2 Å². The molecule has 1 N–H and O–H groups in total. The van der Waals surface area contributed by atoms with Crippen LogP contribution in [0.5, 0.6) is 5.75 Å². The van der Waals surface area contributed by atoms with Crippen LogP contribution >= 0.6 is 11.8 Å². The molecular weight excluding hydrogens is 417 g/mol. The van der Waals surface area contributed by atoms with E-state index < -0.39 is 29.0 Å². The van der Waals surface area contributed by atoms with E-state index in [1.807, 2.05) is 38.1 Å². The molecule has 0 heterocycles. The third kappa shape index (κ3) is 6.69. The summed E-state index contributed by atoms with van der Waals surface area (Å²) in [4.78, 5) is 27.0. The molecule has 2 rings (SSSR count). The molecule has 0 bridgehead atoms. The maximum Gasteiger partial charge on any atom is 0.244 e. The lowest BCUT2D eigenvalue weighted by Crippen LogP contribution is -2.39. The Bertz CT molecular complexity index is 879. The van der Waals surface area contributed by atoms with Crippen LogP contribution in [-0.2, 0) is 9.59 Å². The lowest BCUT2D eigenvalue weighted by molar-refractivity contribution is -0.132. The molecule has 5 nitrogen and oxygen atoms in total. The average molecular weight is 440 g/mol. The van der Waals surface area contributed by atoms with Crippen LogP contribution in [0.3, 0.4) is 0 Å². The fourth-order valence-corrected chi connectivity index (χ4v) is 3.38. The van der Waals surface area contributed by atoms with Gasteiger partial charge in [0.05, 0.1) is 24.6 Å². The number of nitrogens with one attached hydrogen (secondary N) is 1. The van der Waals surface area contributed by atoms with Crippen molar-refractivity contribution < 1.29 is 27.5 Å². The van der Waals surface area contributed by atoms with Crippen molar-refractivity contribution in [2.75, 3.05) is 30.8 Å². The van der Waals surface area contributed by atoms with Crippen molar-refractivity contribution in [2.45, 2.75) is 25.2 Å². The summed E-state index contributed by atoms with van der Waals surface area (Å²) < 4.78 is 45.4. The number of hydrogen-bond acceptors (Lipinski definition) is 4. The first-order valence-electron chi connectivity index (χ1n) is 9.42. The summed E-state index contributed by atoms with van der Waals surface area (Å²) in [6.07, 6.45) is 0.617. The quantitative estimate of drug-likeness (QED) is 0.437. The maximum absolute atomic E-state index is 13.7. The van der Waals surface area contributed by atoms with E-state index in [4.69, 9.17) is 4.74 Å². The second-order valence-electron chi connectivity index (χ2n) is 6.28. The number of rotatable bonds is 10. The van der Waals surface area contributed by atoms with E-state index >= 15 is 0 Å². The molecule has 0 fully saturated rings. The zero-order chi connectivity index (χ0) is 22.1. The SMILES string of the molecule is CCCN(CC(=O)Nc1ccc(F)c(F)c1F)C(=O)CSc1ccc(OCC)cc1. The van der Waals surface area contributed by atoms with E-state index in [0.29, 0.717) is 19.6 Å². The van der Waals surface area contributed by atoms with Crippen molar-refractivity contribution in [3.8, 4) is 5.75 Å². The van der Waals surface area contributed by atoms with Crippen LogP contribution in [0.4, 0.5) is 18.9 Å². The minimum atomic E-state index is -1.67. The van der Waals surface area contributed by atoms with Crippen LogP contribution in [0.1, 0.15) is 20.3 Å². The first kappa shape index (κ1) is 23.6. The van der Waals surface area contributed by atoms with Gasteiger partial charge in [-0.2, -0.15) is 0 Å². The smallest absolute Gasteiger partial charge is 0.244 e. The molecule has 2 aromatic carbocycles. The lowest BCUT2D eigenvalue weighted by atomic mass is 10.2. The normalized spacial score (nSPS) is 10.6. The Hall–Kier alpha value is -2.68. The number of carbonyl (C=O) groups excluding carboxylic acids is 2. The molecule has 0 saturated carbocycles. The van der Waals surface area contributed by atoms with E-state index in [1.165, 1.54) is 16.7 Å². The van der Waals surface area contributed by atoms with Gasteiger partial charge < -0.3 is 15.0 Å². The number of ether oxygens (including phenoxy) is 1. The van der Waals surface area contributed by atoms with Crippen LogP contribution in [0.15, 0.2) is 41.3 Å². The number of nitrogens with zero attached hydrogens (tertiary/aromatic N) is 1. The minimum Gasteiger partial charge on any atom is -0.494 e. The van der Waals surface area contributed by atoms with Crippen LogP contribution in [0, 0.1) is 17.5 Å². The van der Waals surface area contributed by atoms with E-state index in [9.17, 15) is 22.8 Å². The Balaban J connectivity index is 1.94. The summed E-state index contributed by atoms with van der Waals surface area (Å²) in [5, 5.41) is 2.18. The number of anilines is 1. The first-order valence-corrected chi connectivity index (χ1v) is 10.4. The molecule has 0 aliphatic heterocycles. The van der Waals surface area contributed by atoms with E-state index in [-0.39, 0.29) is 18.2 Å². The van der Waals surface area contributed by atoms with Gasteiger partial charge in [-0.15, -0.1) is 11.8 Å². The number of carbonyl (C=O) groups is 2. The molecule has 9 heteroatoms. The molecule has 0 spiro atoms. The van der Waals surface area contributed by atoms with Gasteiger partial charge in [0.25, 0.3) is 0 Å². The zero-order valence-electron chi connectivity index (χ0n) is 16.7. The number of benzene rings is 2. The lowest BCUT2D eigenvalue weighted by Gasteiger charge is -2.21. The highest BCUT2D eigenvalue weighted by Crippen LogP contribution is 2.22. The van der Waals surface area contributed by atoms with E-state index in [1.54, 1.807) is 0 Å². The summed E-state index contributed by atoms with van der Waals surface area (Å²) in [5.74, 6) is -4.62. The Morgan fingerprint density at radius 2 is 1.73 bits per heavy atom. The van der Waals surface area contributed by atoms with Gasteiger partial charge in [0.2, 0.25) is 11.8 Å². The Kier molecular flexibility index (Phi) is 9.04. The van der Waals surface area contributed by atoms with E-state index in [0.717, 1.165) is 22.8 Å². The molecule has 0 aliphatic carbocycles. The summed E-state index contributed by atoms with van der Waals surface area (Å²) in [5.41, 5.74) is -0.480. The average Bonchev–Trinajstić information content (AvgIpc) is 2.73. The van der Waals surface area contributed by atoms with Gasteiger partial charge in [-0.3, -0.25) is 9.59 Å². The standard InChI is InChI=1S/C21H23F3N2O3S/c1-3-11-26(12-18(27)25-17-10-9-16(22)20(23)21(17)24)19(28)13-30-15-7-5-14(6-8-15)29-4-2/h5-10H,3-4,11-13H2,1-2H3,(H,25,27). The summed E-state index contributed by atoms with van der Waals surface area (Å²) in [7, 11) is 0. The molecule has 2 aromatic rings. The van der Waals surface area contributed by atoms with Crippen LogP contribution in [0.25, 0.3) is 0 Å². The van der Waals surface area contributed by atoms with E-state index in [2.05, 4.69) is 5.32 Å². The monoisotopic (exact) mass is 440 g/mol. The summed E-state index contributed by atoms with van der Waals surface area (Å²) in [6.45, 7) is 4.31. The molecule has 2 amide bonds. The predicted octanol–water partition coefficient (Wildman–Crippen LogP) is 4.47. The summed E-state index contributed by atoms with van der Waals surface area (Å²) in [6, 6.07) is 8.95. The fourth-order valence-electron chi connectivity index (χ4n) is 2.58. The highest BCUT2D eigenvalue weighted by Gasteiger charge is 2.19. The predicted molar refractivity (Wildman–Crippen MR) is 110 cm³/mol. The third-order valence-corrected chi connectivity index (χ3v) is 4.98. The van der Waals surface area contributed by atoms with Crippen LogP contribution < -0.4 is 10.1 Å². The second kappa shape index (κ2) is 11.5. The van der Waals surface area contributed by atoms with Gasteiger partial charge in [0.1, 0.15) is 5.75 Å². The molecule has 0 unspecified atom stereocenters.